The van der Waals surface area contributed by atoms with E-state index < -0.39 is 0 Å². The quantitative estimate of drug-likeness (QED) is 0.651. The number of hydrogen-bond donors (Lipinski definition) is 0. The molecule has 0 fully saturated rings. The van der Waals surface area contributed by atoms with E-state index >= 15 is 0 Å². The molecule has 0 amide bonds. The molecule has 2 rings (SSSR count). The zero-order valence-electron chi connectivity index (χ0n) is 12.2. The van der Waals surface area contributed by atoms with Gasteiger partial charge in [0.25, 0.3) is 0 Å². The van der Waals surface area contributed by atoms with Crippen molar-refractivity contribution < 1.29 is 32.0 Å². The van der Waals surface area contributed by atoms with Crippen LogP contribution in [0.1, 0.15) is 50.7 Å². The number of rotatable bonds is 2. The van der Waals surface area contributed by atoms with Gasteiger partial charge in [0, 0.05) is 0 Å². The Labute approximate surface area is 131 Å². The van der Waals surface area contributed by atoms with Gasteiger partial charge in [0.15, 0.2) is 0 Å². The van der Waals surface area contributed by atoms with Crippen LogP contribution in [0.25, 0.3) is 0 Å². The molecule has 0 saturated heterocycles. The normalized spacial score (nSPS) is 8.74. The van der Waals surface area contributed by atoms with E-state index in [1.807, 2.05) is 0 Å². The second-order valence-electron chi connectivity index (χ2n) is 4.75. The Morgan fingerprint density at radius 1 is 0.579 bits per heavy atom. The minimum atomic E-state index is 0. The summed E-state index contributed by atoms with van der Waals surface area (Å²) < 4.78 is 0. The zero-order chi connectivity index (χ0) is 12.0. The predicted octanol–water partition coefficient (Wildman–Crippen LogP) is 3.41. The van der Waals surface area contributed by atoms with E-state index in [9.17, 15) is 0 Å². The van der Waals surface area contributed by atoms with Crippen LogP contribution < -0.4 is 0 Å². The average molecular weight is 434 g/mol. The van der Waals surface area contributed by atoms with Crippen molar-refractivity contribution >= 4 is 0 Å². The summed E-state index contributed by atoms with van der Waals surface area (Å²) in [5.74, 6) is 1.37. The summed E-state index contributed by atoms with van der Waals surface area (Å²) in [6.45, 7) is 8.81. The van der Waals surface area contributed by atoms with Gasteiger partial charge < -0.3 is 11.0 Å². The molecule has 0 bridgehead atoms. The Bertz CT molecular complexity index is 323. The van der Waals surface area contributed by atoms with Crippen LogP contribution in [0.15, 0.2) is 48.5 Å². The maximum absolute atomic E-state index is 2.20. The molecular formula is C16H26O2W. The first-order valence-corrected chi connectivity index (χ1v) is 6.04. The molecule has 2 aromatic rings. The Hall–Kier alpha value is -0.692. The van der Waals surface area contributed by atoms with Gasteiger partial charge in [-0.3, -0.25) is 0 Å². The van der Waals surface area contributed by atoms with Crippen LogP contribution in [-0.4, -0.2) is 11.0 Å². The van der Waals surface area contributed by atoms with E-state index in [1.54, 1.807) is 0 Å². The number of hydrogen-bond acceptors (Lipinski definition) is 0. The van der Waals surface area contributed by atoms with Crippen LogP contribution in [-0.2, 0) is 21.1 Å². The van der Waals surface area contributed by atoms with Gasteiger partial charge in [0.2, 0.25) is 0 Å². The summed E-state index contributed by atoms with van der Waals surface area (Å²) in [4.78, 5) is 0. The Morgan fingerprint density at radius 3 is 0.895 bits per heavy atom. The third-order valence-corrected chi connectivity index (χ3v) is 2.71. The molecule has 3 heteroatoms. The van der Waals surface area contributed by atoms with E-state index in [4.69, 9.17) is 0 Å². The molecule has 0 unspecified atom stereocenters. The minimum Gasteiger partial charge on any atom is -0.412 e. The topological polar surface area (TPSA) is 63.0 Å². The molecule has 2 nitrogen and oxygen atoms in total. The molecule has 0 spiro atoms. The zero-order valence-corrected chi connectivity index (χ0v) is 15.1. The maximum atomic E-state index is 2.20. The summed E-state index contributed by atoms with van der Waals surface area (Å²) in [5.41, 5.74) is 2.87. The molecule has 0 aliphatic heterocycles. The summed E-state index contributed by atoms with van der Waals surface area (Å²) in [6, 6.07) is 16.9. The first-order valence-electron chi connectivity index (χ1n) is 6.04. The van der Waals surface area contributed by atoms with Crippen molar-refractivity contribution in [3.63, 3.8) is 0 Å². The van der Waals surface area contributed by atoms with Gasteiger partial charge in [-0.2, -0.15) is 35.4 Å². The summed E-state index contributed by atoms with van der Waals surface area (Å²) in [5, 5.41) is 0. The van der Waals surface area contributed by atoms with Crippen molar-refractivity contribution in [1.82, 2.24) is 0 Å². The van der Waals surface area contributed by atoms with Crippen molar-refractivity contribution in [2.75, 3.05) is 0 Å². The second-order valence-corrected chi connectivity index (χ2v) is 4.75. The molecule has 2 aromatic carbocycles. The Morgan fingerprint density at radius 2 is 0.789 bits per heavy atom. The van der Waals surface area contributed by atoms with Crippen LogP contribution >= 0.6 is 0 Å². The fourth-order valence-electron chi connectivity index (χ4n) is 1.55. The molecular weight excluding hydrogens is 408 g/mol. The third-order valence-electron chi connectivity index (χ3n) is 2.71. The first kappa shape index (κ1) is 23.4. The van der Waals surface area contributed by atoms with Crippen molar-refractivity contribution in [3.8, 4) is 0 Å². The monoisotopic (exact) mass is 434 g/mol. The predicted molar refractivity (Wildman–Crippen MR) is 79.5 cm³/mol. The molecule has 0 radical (unpaired) electrons. The molecule has 0 saturated carbocycles. The molecule has 19 heavy (non-hydrogen) atoms. The smallest absolute Gasteiger partial charge is 0.412 e. The van der Waals surface area contributed by atoms with Gasteiger partial charge in [-0.25, -0.2) is 24.3 Å². The fourth-order valence-corrected chi connectivity index (χ4v) is 1.55. The van der Waals surface area contributed by atoms with Gasteiger partial charge in [0.05, 0.1) is 0 Å². The molecule has 0 aromatic heterocycles. The fraction of sp³-hybridized carbons (Fsp3) is 0.375. The van der Waals surface area contributed by atoms with Crippen LogP contribution in [0.2, 0.25) is 0 Å². The van der Waals surface area contributed by atoms with E-state index in [-0.39, 0.29) is 32.0 Å². The molecule has 0 aliphatic rings. The summed E-state index contributed by atoms with van der Waals surface area (Å²) in [7, 11) is 0. The van der Waals surface area contributed by atoms with Crippen LogP contribution in [0.4, 0.5) is 0 Å². The van der Waals surface area contributed by atoms with Crippen molar-refractivity contribution in [1.29, 1.82) is 0 Å². The van der Waals surface area contributed by atoms with Gasteiger partial charge in [-0.15, -0.1) is 0 Å². The summed E-state index contributed by atoms with van der Waals surface area (Å²) >= 11 is 0. The second kappa shape index (κ2) is 12.3. The van der Waals surface area contributed by atoms with Crippen LogP contribution in [0, 0.1) is 0 Å². The molecule has 108 valence electrons. The van der Waals surface area contributed by atoms with E-state index in [1.165, 1.54) is 11.1 Å². The van der Waals surface area contributed by atoms with Gasteiger partial charge in [-0.05, 0) is 0 Å². The maximum Gasteiger partial charge on any atom is 2.00 e. The molecule has 0 heterocycles. The van der Waals surface area contributed by atoms with Gasteiger partial charge >= 0.3 is 21.1 Å². The molecule has 0 aliphatic carbocycles. The summed E-state index contributed by atoms with van der Waals surface area (Å²) in [6.07, 6.45) is 0. The standard InChI is InChI=1S/2C8H11.2H2O.W/c2*1-7(2)8-5-3-4-6-8;;;/h2*3-7H,1-2H3;2*1H2;/q2*-1;;;+2. The van der Waals surface area contributed by atoms with Crippen LogP contribution in [0.3, 0.4) is 0 Å². The van der Waals surface area contributed by atoms with Crippen molar-refractivity contribution in [2.45, 2.75) is 39.5 Å². The Balaban J connectivity index is -0.000000233. The first-order chi connectivity index (χ1) is 7.61. The average Bonchev–Trinajstić information content (AvgIpc) is 2.93. The van der Waals surface area contributed by atoms with Crippen LogP contribution in [0.5, 0.6) is 0 Å². The van der Waals surface area contributed by atoms with Crippen molar-refractivity contribution in [2.24, 2.45) is 0 Å². The SMILES string of the molecule is CC(C)[c-]1cccc1.CC(C)[c-]1cccc1.O.O.[W+2]. The largest absolute Gasteiger partial charge is 2.00 e. The van der Waals surface area contributed by atoms with Gasteiger partial charge in [0.1, 0.15) is 0 Å². The van der Waals surface area contributed by atoms with E-state index in [2.05, 4.69) is 76.2 Å². The molecule has 4 N–H and O–H groups in total. The molecule has 0 atom stereocenters. The third kappa shape index (κ3) is 8.93. The van der Waals surface area contributed by atoms with Gasteiger partial charge in [-0.1, -0.05) is 39.5 Å². The van der Waals surface area contributed by atoms with E-state index in [0.717, 1.165) is 0 Å². The van der Waals surface area contributed by atoms with E-state index in [0.29, 0.717) is 11.8 Å². The Kier molecular flexibility index (Phi) is 15.2. The van der Waals surface area contributed by atoms with Crippen molar-refractivity contribution in [3.05, 3.63) is 59.7 Å². The minimum absolute atomic E-state index is 0.